The van der Waals surface area contributed by atoms with Gasteiger partial charge in [0.05, 0.1) is 14.2 Å². The van der Waals surface area contributed by atoms with E-state index in [0.29, 0.717) is 44.2 Å². The van der Waals surface area contributed by atoms with Crippen molar-refractivity contribution in [2.45, 2.75) is 200 Å². The van der Waals surface area contributed by atoms with Crippen molar-refractivity contribution in [3.8, 4) is 0 Å². The van der Waals surface area contributed by atoms with Crippen LogP contribution in [0.15, 0.2) is 59.1 Å². The SMILES string of the molecule is C=C[Si](CCCCC(=C[Si](O[SiH2]C=C(CCCC[Si](C)(C)C)C(=O)O)(O[Si](C)(C)C)[SiH](CCCOC(=O)C(=C)C)O[Si](C)(C)[Si](C)(C)C)C(=O)OC(=O)C(=C)CCC(F)(F)F)(O[Si](C)(C)C)O[Si](C)(C)C. The quantitative estimate of drug-likeness (QED) is 0.0211. The molecule has 0 aromatic carbocycles. The van der Waals surface area contributed by atoms with E-state index in [2.05, 4.69) is 111 Å². The van der Waals surface area contributed by atoms with Crippen LogP contribution in [0.2, 0.25) is 129 Å². The van der Waals surface area contributed by atoms with E-state index in [0.717, 1.165) is 12.5 Å². The highest BCUT2D eigenvalue weighted by Crippen LogP contribution is 2.33. The van der Waals surface area contributed by atoms with E-state index in [9.17, 15) is 37.5 Å². The minimum absolute atomic E-state index is 0.0417. The van der Waals surface area contributed by atoms with Crippen LogP contribution in [0.3, 0.4) is 0 Å². The Morgan fingerprint density at radius 3 is 1.62 bits per heavy atom. The second-order valence-corrected chi connectivity index (χ2v) is 73.6. The molecule has 0 aliphatic heterocycles. The van der Waals surface area contributed by atoms with Gasteiger partial charge in [0.2, 0.25) is 8.56 Å². The first-order valence-corrected chi connectivity index (χ1v) is 54.7. The summed E-state index contributed by atoms with van der Waals surface area (Å²) in [6, 6.07) is 1.98. The fraction of sp³-hybridized carbons (Fsp3) is 0.696. The fourth-order valence-electron chi connectivity index (χ4n) is 6.93. The topological polar surface area (TPSA) is 153 Å². The zero-order valence-corrected chi connectivity index (χ0v) is 57.5. The van der Waals surface area contributed by atoms with Gasteiger partial charge in [0.15, 0.2) is 42.6 Å². The van der Waals surface area contributed by atoms with E-state index in [4.69, 9.17) is 30.0 Å². The average molecular weight is 1180 g/mol. The number of carboxylic acid groups (broad SMARTS) is 1. The lowest BCUT2D eigenvalue weighted by Gasteiger charge is -2.45. The Kier molecular flexibility index (Phi) is 28.6. The molecule has 0 amide bonds. The summed E-state index contributed by atoms with van der Waals surface area (Å²) in [4.78, 5) is 53.3. The molecule has 0 radical (unpaired) electrons. The molecule has 2 atom stereocenters. The number of carbonyl (C=O) groups excluding carboxylic acids is 3. The second kappa shape index (κ2) is 29.2. The van der Waals surface area contributed by atoms with Gasteiger partial charge in [0.25, 0.3) is 0 Å². The van der Waals surface area contributed by atoms with Crippen molar-refractivity contribution in [2.24, 2.45) is 0 Å². The predicted octanol–water partition coefficient (Wildman–Crippen LogP) is 12.3. The van der Waals surface area contributed by atoms with Gasteiger partial charge in [-0.05, 0) is 135 Å². The Labute approximate surface area is 438 Å². The van der Waals surface area contributed by atoms with Crippen LogP contribution in [0, 0.1) is 0 Å². The zero-order chi connectivity index (χ0) is 55.7. The summed E-state index contributed by atoms with van der Waals surface area (Å²) in [6.07, 6.45) is -3.38. The van der Waals surface area contributed by atoms with Gasteiger partial charge in [-0.15, -0.1) is 6.58 Å². The standard InChI is InChI=1S/C46H93F3O12Si10/c1-22-70(59-65(8,9)10,60-66(11,12)13)35-26-24-29-41(45(54)56-44(53)39(4)30-31-46(47,48)49)37-71(61-67(14,15)16,57-62-36-40(42(50)51)28-23-25-34-64(5,6)7)63(58-69(20,21)68(17,18)19)33-27-32-55-43(52)38(2)3/h22,36-37,63H,1-2,4,23-35,62H2,3,5-21H3,(H,50,51). The lowest BCUT2D eigenvalue weighted by molar-refractivity contribution is -0.154. The molecule has 410 valence electrons. The van der Waals surface area contributed by atoms with Gasteiger partial charge in [0, 0.05) is 36.8 Å². The first kappa shape index (κ1) is 69.5. The molecule has 0 saturated heterocycles. The van der Waals surface area contributed by atoms with Crippen LogP contribution >= 0.6 is 0 Å². The Morgan fingerprint density at radius 2 is 1.18 bits per heavy atom. The third kappa shape index (κ3) is 30.0. The van der Waals surface area contributed by atoms with E-state index in [1.54, 1.807) is 18.3 Å². The Morgan fingerprint density at radius 1 is 0.676 bits per heavy atom. The van der Waals surface area contributed by atoms with Crippen LogP contribution in [0.5, 0.6) is 0 Å². The highest BCUT2D eigenvalue weighted by atomic mass is 29.3. The molecular formula is C46H93F3O12Si10. The zero-order valence-electron chi connectivity index (χ0n) is 46.9. The molecule has 0 bridgehead atoms. The van der Waals surface area contributed by atoms with Crippen molar-refractivity contribution in [1.82, 2.24) is 0 Å². The second-order valence-electron chi connectivity index (χ2n) is 24.2. The van der Waals surface area contributed by atoms with Gasteiger partial charge >= 0.3 is 46.7 Å². The predicted molar refractivity (Wildman–Crippen MR) is 309 cm³/mol. The minimum Gasteiger partial charge on any atom is -0.478 e. The maximum Gasteiger partial charge on any atom is 0.389 e. The summed E-state index contributed by atoms with van der Waals surface area (Å²) in [5.74, 6) is -3.92. The molecule has 0 fully saturated rings. The van der Waals surface area contributed by atoms with Crippen molar-refractivity contribution in [2.75, 3.05) is 6.61 Å². The minimum atomic E-state index is -4.57. The Balaban J connectivity index is 8.33. The molecule has 0 aliphatic rings. The van der Waals surface area contributed by atoms with Gasteiger partial charge in [-0.2, -0.15) is 13.2 Å². The number of hydrogen-bond acceptors (Lipinski definition) is 11. The Hall–Kier alpha value is -1.46. The molecule has 0 aromatic heterocycles. The number of hydrogen-bond donors (Lipinski definition) is 1. The van der Waals surface area contributed by atoms with E-state index in [1.807, 2.05) is 25.3 Å². The van der Waals surface area contributed by atoms with E-state index in [-0.39, 0.29) is 29.7 Å². The van der Waals surface area contributed by atoms with Gasteiger partial charge < -0.3 is 35.2 Å². The number of aliphatic carboxylic acids is 1. The van der Waals surface area contributed by atoms with Crippen LogP contribution in [0.25, 0.3) is 0 Å². The first-order valence-electron chi connectivity index (χ1n) is 24.9. The van der Waals surface area contributed by atoms with Crippen molar-refractivity contribution in [3.63, 3.8) is 0 Å². The summed E-state index contributed by atoms with van der Waals surface area (Å²) in [6.45, 7) is 49.4. The molecule has 2 unspecified atom stereocenters. The fourth-order valence-corrected chi connectivity index (χ4v) is 54.7. The van der Waals surface area contributed by atoms with Crippen molar-refractivity contribution in [1.29, 1.82) is 0 Å². The molecule has 0 heterocycles. The monoisotopic (exact) mass is 1170 g/mol. The summed E-state index contributed by atoms with van der Waals surface area (Å²) < 4.78 is 86.4. The molecule has 12 nitrogen and oxygen atoms in total. The molecule has 1 N–H and O–H groups in total. The number of unbranched alkanes of at least 4 members (excludes halogenated alkanes) is 2. The normalized spacial score (nSPS) is 15.3. The third-order valence-corrected chi connectivity index (χ3v) is 58.5. The summed E-state index contributed by atoms with van der Waals surface area (Å²) >= 11 is 0. The summed E-state index contributed by atoms with van der Waals surface area (Å²) in [5.41, 5.74) is 5.26. The molecule has 0 saturated carbocycles. The number of esters is 3. The third-order valence-electron chi connectivity index (χ3n) is 11.2. The first-order chi connectivity index (χ1) is 31.9. The smallest absolute Gasteiger partial charge is 0.389 e. The van der Waals surface area contributed by atoms with Crippen molar-refractivity contribution >= 4 is 107 Å². The van der Waals surface area contributed by atoms with Crippen LogP contribution in [-0.2, 0) is 49.2 Å². The van der Waals surface area contributed by atoms with Crippen molar-refractivity contribution < 1.29 is 67.5 Å². The average Bonchev–Trinajstić information content (AvgIpc) is 3.16. The number of halogens is 3. The van der Waals surface area contributed by atoms with Crippen LogP contribution in [0.1, 0.15) is 64.7 Å². The maximum absolute atomic E-state index is 14.6. The number of ether oxygens (including phenoxy) is 2. The van der Waals surface area contributed by atoms with Gasteiger partial charge in [-0.3, -0.25) is 0 Å². The number of carbonyl (C=O) groups is 4. The molecule has 25 heteroatoms. The van der Waals surface area contributed by atoms with Crippen molar-refractivity contribution in [3.05, 3.63) is 59.1 Å². The molecular weight excluding hydrogens is 1080 g/mol. The van der Waals surface area contributed by atoms with E-state index < -0.39 is 132 Å². The van der Waals surface area contributed by atoms with E-state index >= 15 is 0 Å². The molecule has 71 heavy (non-hydrogen) atoms. The lowest BCUT2D eigenvalue weighted by atomic mass is 10.1. The molecule has 0 aromatic rings. The summed E-state index contributed by atoms with van der Waals surface area (Å²) in [5, 5.41) is 10.4. The number of rotatable bonds is 35. The maximum atomic E-state index is 14.6. The van der Waals surface area contributed by atoms with Crippen LogP contribution in [-0.4, -0.2) is 125 Å². The molecule has 0 aliphatic carbocycles. The van der Waals surface area contributed by atoms with Crippen LogP contribution < -0.4 is 0 Å². The van der Waals surface area contributed by atoms with E-state index in [1.165, 1.54) is 0 Å². The highest BCUT2D eigenvalue weighted by Gasteiger charge is 2.54. The number of carboxylic acids is 1. The molecule has 0 spiro atoms. The number of alkyl halides is 3. The van der Waals surface area contributed by atoms with Gasteiger partial charge in [-0.1, -0.05) is 82.7 Å². The van der Waals surface area contributed by atoms with Gasteiger partial charge in [0.1, 0.15) is 0 Å². The largest absolute Gasteiger partial charge is 0.478 e. The lowest BCUT2D eigenvalue weighted by Crippen LogP contribution is -2.67. The van der Waals surface area contributed by atoms with Crippen LogP contribution in [0.4, 0.5) is 13.2 Å². The van der Waals surface area contributed by atoms with Gasteiger partial charge in [-0.25, -0.2) is 19.2 Å². The summed E-state index contributed by atoms with van der Waals surface area (Å²) in [7, 11) is -24.7. The Bertz CT molecular complexity index is 1860. The highest BCUT2D eigenvalue weighted by molar-refractivity contribution is 7.41. The molecule has 0 rings (SSSR count).